The smallest absolute Gasteiger partial charge is 0.223 e. The fourth-order valence-corrected chi connectivity index (χ4v) is 1.95. The Morgan fingerprint density at radius 1 is 1.33 bits per heavy atom. The van der Waals surface area contributed by atoms with Crippen LogP contribution in [0.25, 0.3) is 0 Å². The van der Waals surface area contributed by atoms with Crippen LogP contribution in [0.4, 0.5) is 0 Å². The van der Waals surface area contributed by atoms with Crippen molar-refractivity contribution in [3.8, 4) is 5.75 Å². The highest BCUT2D eigenvalue weighted by atomic mass is 127. The first-order valence-electron chi connectivity index (χ1n) is 8.12. The predicted octanol–water partition coefficient (Wildman–Crippen LogP) is 1.16. The highest BCUT2D eigenvalue weighted by molar-refractivity contribution is 14.0. The van der Waals surface area contributed by atoms with E-state index in [9.17, 15) is 4.79 Å². The standard InChI is InChI=1S/C16H25N5O2.HI/c1-2-18-16(20-9-8-19-15(22)13-5-6-13)21-10-11-23-14-4-3-7-17-12-14;/h3-4,7,12-13H,2,5-6,8-11H2,1H3,(H,19,22)(H2,18,20,21);1H. The van der Waals surface area contributed by atoms with Crippen LogP contribution in [0.2, 0.25) is 0 Å². The highest BCUT2D eigenvalue weighted by Crippen LogP contribution is 2.28. The van der Waals surface area contributed by atoms with Crippen LogP contribution < -0.4 is 20.7 Å². The van der Waals surface area contributed by atoms with Gasteiger partial charge in [0.15, 0.2) is 5.96 Å². The molecule has 1 amide bonds. The zero-order chi connectivity index (χ0) is 16.3. The number of hydrogen-bond donors (Lipinski definition) is 3. The van der Waals surface area contributed by atoms with Gasteiger partial charge < -0.3 is 20.7 Å². The van der Waals surface area contributed by atoms with Crippen molar-refractivity contribution < 1.29 is 9.53 Å². The van der Waals surface area contributed by atoms with Gasteiger partial charge >= 0.3 is 0 Å². The van der Waals surface area contributed by atoms with Crippen molar-refractivity contribution in [2.75, 3.05) is 32.8 Å². The van der Waals surface area contributed by atoms with Gasteiger partial charge in [-0.15, -0.1) is 24.0 Å². The normalized spacial score (nSPS) is 13.6. The van der Waals surface area contributed by atoms with Crippen LogP contribution in [0.5, 0.6) is 5.75 Å². The molecule has 0 aliphatic heterocycles. The Morgan fingerprint density at radius 2 is 2.17 bits per heavy atom. The number of nitrogens with zero attached hydrogens (tertiary/aromatic N) is 2. The van der Waals surface area contributed by atoms with Gasteiger partial charge in [-0.2, -0.15) is 0 Å². The molecule has 8 heteroatoms. The summed E-state index contributed by atoms with van der Waals surface area (Å²) in [5.41, 5.74) is 0. The molecule has 0 bridgehead atoms. The van der Waals surface area contributed by atoms with Crippen molar-refractivity contribution in [3.05, 3.63) is 24.5 Å². The van der Waals surface area contributed by atoms with Crippen molar-refractivity contribution in [2.24, 2.45) is 10.9 Å². The molecule has 1 aromatic rings. The molecule has 3 N–H and O–H groups in total. The number of halogens is 1. The zero-order valence-corrected chi connectivity index (χ0v) is 16.3. The molecular formula is C16H26IN5O2. The third-order valence-corrected chi connectivity index (χ3v) is 3.27. The second kappa shape index (κ2) is 11.9. The van der Waals surface area contributed by atoms with E-state index < -0.39 is 0 Å². The number of rotatable bonds is 9. The Morgan fingerprint density at radius 3 is 2.83 bits per heavy atom. The maximum absolute atomic E-state index is 11.5. The lowest BCUT2D eigenvalue weighted by Gasteiger charge is -2.12. The van der Waals surface area contributed by atoms with Crippen LogP contribution in [-0.4, -0.2) is 49.6 Å². The summed E-state index contributed by atoms with van der Waals surface area (Å²) in [5.74, 6) is 1.87. The molecule has 134 valence electrons. The summed E-state index contributed by atoms with van der Waals surface area (Å²) >= 11 is 0. The molecular weight excluding hydrogens is 421 g/mol. The van der Waals surface area contributed by atoms with E-state index in [0.717, 1.165) is 31.1 Å². The number of pyridine rings is 1. The SMILES string of the molecule is CCNC(=NCCNC(=O)C1CC1)NCCOc1cccnc1.I. The summed E-state index contributed by atoms with van der Waals surface area (Å²) in [5, 5.41) is 9.26. The van der Waals surface area contributed by atoms with Gasteiger partial charge in [0, 0.05) is 25.2 Å². The fraction of sp³-hybridized carbons (Fsp3) is 0.562. The van der Waals surface area contributed by atoms with Gasteiger partial charge in [-0.25, -0.2) is 0 Å². The third kappa shape index (κ3) is 8.32. The number of guanidine groups is 1. The number of amides is 1. The van der Waals surface area contributed by atoms with Crippen LogP contribution in [0, 0.1) is 5.92 Å². The van der Waals surface area contributed by atoms with Crippen LogP contribution in [-0.2, 0) is 4.79 Å². The van der Waals surface area contributed by atoms with Gasteiger partial charge in [-0.1, -0.05) is 0 Å². The molecule has 1 aromatic heterocycles. The van der Waals surface area contributed by atoms with Gasteiger partial charge in [-0.3, -0.25) is 14.8 Å². The first-order valence-corrected chi connectivity index (χ1v) is 8.12. The van der Waals surface area contributed by atoms with E-state index in [-0.39, 0.29) is 35.8 Å². The number of nitrogens with one attached hydrogen (secondary N) is 3. The molecule has 2 rings (SSSR count). The van der Waals surface area contributed by atoms with Gasteiger partial charge in [0.25, 0.3) is 0 Å². The first-order chi connectivity index (χ1) is 11.3. The average molecular weight is 447 g/mol. The monoisotopic (exact) mass is 447 g/mol. The lowest BCUT2D eigenvalue weighted by molar-refractivity contribution is -0.122. The van der Waals surface area contributed by atoms with E-state index in [4.69, 9.17) is 4.74 Å². The second-order valence-corrected chi connectivity index (χ2v) is 5.29. The topological polar surface area (TPSA) is 87.6 Å². The maximum Gasteiger partial charge on any atom is 0.223 e. The van der Waals surface area contributed by atoms with E-state index in [0.29, 0.717) is 26.2 Å². The molecule has 1 saturated carbocycles. The Balaban J connectivity index is 0.00000288. The van der Waals surface area contributed by atoms with Crippen molar-refractivity contribution in [1.29, 1.82) is 0 Å². The highest BCUT2D eigenvalue weighted by Gasteiger charge is 2.28. The zero-order valence-electron chi connectivity index (χ0n) is 14.0. The Hall–Kier alpha value is -1.58. The molecule has 24 heavy (non-hydrogen) atoms. The van der Waals surface area contributed by atoms with Crippen LogP contribution in [0.3, 0.4) is 0 Å². The number of aromatic nitrogens is 1. The number of carbonyl (C=O) groups excluding carboxylic acids is 1. The molecule has 1 aliphatic rings. The second-order valence-electron chi connectivity index (χ2n) is 5.29. The predicted molar refractivity (Wildman–Crippen MR) is 105 cm³/mol. The molecule has 1 heterocycles. The summed E-state index contributed by atoms with van der Waals surface area (Å²) in [6.45, 7) is 5.07. The molecule has 0 radical (unpaired) electrons. The fourth-order valence-electron chi connectivity index (χ4n) is 1.95. The summed E-state index contributed by atoms with van der Waals surface area (Å²) in [6.07, 6.45) is 5.44. The quantitative estimate of drug-likeness (QED) is 0.229. The Bertz CT molecular complexity index is 508. The molecule has 0 unspecified atom stereocenters. The van der Waals surface area contributed by atoms with Crippen LogP contribution >= 0.6 is 24.0 Å². The minimum absolute atomic E-state index is 0. The molecule has 0 spiro atoms. The summed E-state index contributed by atoms with van der Waals surface area (Å²) < 4.78 is 5.56. The van der Waals surface area contributed by atoms with Crippen molar-refractivity contribution in [1.82, 2.24) is 20.9 Å². The van der Waals surface area contributed by atoms with E-state index >= 15 is 0 Å². The molecule has 0 saturated heterocycles. The lowest BCUT2D eigenvalue weighted by atomic mass is 10.4. The Kier molecular flexibility index (Phi) is 10.1. The Labute approximate surface area is 160 Å². The van der Waals surface area contributed by atoms with Crippen LogP contribution in [0.1, 0.15) is 19.8 Å². The van der Waals surface area contributed by atoms with Gasteiger partial charge in [-0.05, 0) is 31.9 Å². The van der Waals surface area contributed by atoms with E-state index in [2.05, 4.69) is 25.9 Å². The molecule has 1 aliphatic carbocycles. The summed E-state index contributed by atoms with van der Waals surface area (Å²) in [7, 11) is 0. The van der Waals surface area contributed by atoms with Gasteiger partial charge in [0.1, 0.15) is 12.4 Å². The minimum atomic E-state index is 0. The molecule has 0 atom stereocenters. The van der Waals surface area contributed by atoms with E-state index in [1.165, 1.54) is 0 Å². The van der Waals surface area contributed by atoms with Crippen LogP contribution in [0.15, 0.2) is 29.5 Å². The largest absolute Gasteiger partial charge is 0.490 e. The average Bonchev–Trinajstić information content (AvgIpc) is 3.41. The first kappa shape index (κ1) is 20.5. The minimum Gasteiger partial charge on any atom is -0.490 e. The van der Waals surface area contributed by atoms with Crippen molar-refractivity contribution in [3.63, 3.8) is 0 Å². The number of ether oxygens (including phenoxy) is 1. The van der Waals surface area contributed by atoms with Crippen molar-refractivity contribution in [2.45, 2.75) is 19.8 Å². The lowest BCUT2D eigenvalue weighted by Crippen LogP contribution is -2.40. The van der Waals surface area contributed by atoms with Gasteiger partial charge in [0.05, 0.1) is 19.3 Å². The summed E-state index contributed by atoms with van der Waals surface area (Å²) in [6, 6.07) is 3.71. The third-order valence-electron chi connectivity index (χ3n) is 3.27. The number of aliphatic imine (C=N–C) groups is 1. The van der Waals surface area contributed by atoms with E-state index in [1.54, 1.807) is 12.4 Å². The maximum atomic E-state index is 11.5. The van der Waals surface area contributed by atoms with Gasteiger partial charge in [0.2, 0.25) is 5.91 Å². The molecule has 7 nitrogen and oxygen atoms in total. The van der Waals surface area contributed by atoms with Crippen molar-refractivity contribution >= 4 is 35.8 Å². The van der Waals surface area contributed by atoms with E-state index in [1.807, 2.05) is 19.1 Å². The molecule has 1 fully saturated rings. The molecule has 0 aromatic carbocycles. The number of carbonyl (C=O) groups is 1. The summed E-state index contributed by atoms with van der Waals surface area (Å²) in [4.78, 5) is 19.9. The number of hydrogen-bond acceptors (Lipinski definition) is 4.